The van der Waals surface area contributed by atoms with Gasteiger partial charge in [0.05, 0.1) is 24.8 Å². The molecule has 2 heterocycles. The number of fused-ring (bicyclic) bond motifs is 1. The zero-order valence-electron chi connectivity index (χ0n) is 18.7. The van der Waals surface area contributed by atoms with E-state index in [9.17, 15) is 23.2 Å². The smallest absolute Gasteiger partial charge is 0.357 e. The summed E-state index contributed by atoms with van der Waals surface area (Å²) < 4.78 is 40.1. The largest absolute Gasteiger partial charge is 0.464 e. The number of methoxy groups -OCH3 is 1. The molecule has 7 nitrogen and oxygen atoms in total. The molecule has 4 rings (SSSR count). The Balaban J connectivity index is 2.14. The van der Waals surface area contributed by atoms with E-state index in [2.05, 4.69) is 0 Å². The summed E-state index contributed by atoms with van der Waals surface area (Å²) in [4.78, 5) is 39.3. The summed E-state index contributed by atoms with van der Waals surface area (Å²) in [5, 5.41) is -1.21. The van der Waals surface area contributed by atoms with E-state index in [1.54, 1.807) is 19.1 Å². The Hall–Kier alpha value is -3.92. The summed E-state index contributed by atoms with van der Waals surface area (Å²) in [5.41, 5.74) is 5.88. The number of halogens is 2. The molecule has 0 bridgehead atoms. The van der Waals surface area contributed by atoms with Gasteiger partial charge in [-0.3, -0.25) is 9.36 Å². The van der Waals surface area contributed by atoms with Crippen molar-refractivity contribution in [2.75, 3.05) is 19.5 Å². The van der Waals surface area contributed by atoms with E-state index in [1.165, 1.54) is 42.5 Å². The summed E-state index contributed by atoms with van der Waals surface area (Å²) in [6, 6.07) is 11.4. The molecule has 0 amide bonds. The molecular formula is C25H20F2N2O5S. The van der Waals surface area contributed by atoms with Crippen LogP contribution in [-0.2, 0) is 14.3 Å². The average molecular weight is 499 g/mol. The third-order valence-corrected chi connectivity index (χ3v) is 6.66. The van der Waals surface area contributed by atoms with E-state index in [0.29, 0.717) is 0 Å². The molecule has 1 aromatic heterocycles. The van der Waals surface area contributed by atoms with Gasteiger partial charge in [-0.15, -0.1) is 0 Å². The molecule has 35 heavy (non-hydrogen) atoms. The summed E-state index contributed by atoms with van der Waals surface area (Å²) in [7, 11) is 1.11. The van der Waals surface area contributed by atoms with Crippen LogP contribution in [0.3, 0.4) is 0 Å². The van der Waals surface area contributed by atoms with Gasteiger partial charge in [0.15, 0.2) is 5.69 Å². The molecular weight excluding hydrogens is 478 g/mol. The summed E-state index contributed by atoms with van der Waals surface area (Å²) >= 11 is 0.778. The van der Waals surface area contributed by atoms with E-state index < -0.39 is 34.7 Å². The summed E-state index contributed by atoms with van der Waals surface area (Å²) in [6.45, 7) is 1.62. The van der Waals surface area contributed by atoms with Gasteiger partial charge in [-0.1, -0.05) is 48.2 Å². The predicted octanol–water partition coefficient (Wildman–Crippen LogP) is 2.76. The highest BCUT2D eigenvalue weighted by molar-refractivity contribution is 8.10. The highest BCUT2D eigenvalue weighted by Gasteiger charge is 2.39. The first kappa shape index (κ1) is 24.2. The first-order chi connectivity index (χ1) is 16.8. The maximum atomic E-state index is 14.7. The monoisotopic (exact) mass is 498 g/mol. The van der Waals surface area contributed by atoms with Crippen molar-refractivity contribution < 1.29 is 32.6 Å². The van der Waals surface area contributed by atoms with Crippen LogP contribution in [0, 0.1) is 11.6 Å². The number of hydrogen-bond acceptors (Lipinski definition) is 7. The van der Waals surface area contributed by atoms with Crippen molar-refractivity contribution in [1.29, 1.82) is 0 Å². The van der Waals surface area contributed by atoms with Crippen LogP contribution < -0.4 is 16.3 Å². The number of nitrogens with zero attached hydrogens (tertiary/aromatic N) is 1. The Kier molecular flexibility index (Phi) is 6.74. The Bertz CT molecular complexity index is 1480. The number of carbonyl (C=O) groups excluding carboxylic acids is 3. The maximum Gasteiger partial charge on any atom is 0.357 e. The van der Waals surface area contributed by atoms with Crippen molar-refractivity contribution in [3.05, 3.63) is 87.6 Å². The number of esters is 2. The molecule has 2 aromatic carbocycles. The maximum absolute atomic E-state index is 14.7. The molecule has 1 unspecified atom stereocenters. The number of nitrogen functional groups attached to an aromatic ring is 1. The van der Waals surface area contributed by atoms with Crippen LogP contribution in [0.25, 0.3) is 11.0 Å². The van der Waals surface area contributed by atoms with E-state index in [-0.39, 0.29) is 44.6 Å². The van der Waals surface area contributed by atoms with Gasteiger partial charge in [-0.2, -0.15) is 0 Å². The number of hydrogen-bond donors (Lipinski definition) is 1. The minimum absolute atomic E-state index is 0.0117. The van der Waals surface area contributed by atoms with Crippen LogP contribution in [0.4, 0.5) is 14.5 Å². The SMILES string of the molecule is CCOC(=O)C1=c2/c(=C/c3ccccc3F)c(N)c(C(=O)OC)n2C(=O)C(c2ccccc2F)S1. The molecule has 0 saturated carbocycles. The lowest BCUT2D eigenvalue weighted by Crippen LogP contribution is -2.43. The molecule has 0 radical (unpaired) electrons. The first-order valence-corrected chi connectivity index (χ1v) is 11.4. The topological polar surface area (TPSA) is 101 Å². The lowest BCUT2D eigenvalue weighted by atomic mass is 10.1. The zero-order chi connectivity index (χ0) is 25.3. The average Bonchev–Trinajstić information content (AvgIpc) is 3.13. The summed E-state index contributed by atoms with van der Waals surface area (Å²) in [5.74, 6) is -3.72. The van der Waals surface area contributed by atoms with Gasteiger partial charge in [-0.05, 0) is 25.1 Å². The van der Waals surface area contributed by atoms with E-state index in [1.807, 2.05) is 0 Å². The molecule has 3 aromatic rings. The van der Waals surface area contributed by atoms with Gasteiger partial charge in [0.1, 0.15) is 21.8 Å². The molecule has 0 saturated heterocycles. The van der Waals surface area contributed by atoms with Crippen molar-refractivity contribution in [1.82, 2.24) is 4.57 Å². The number of nitrogens with two attached hydrogens (primary N) is 1. The quantitative estimate of drug-likeness (QED) is 0.540. The predicted molar refractivity (Wildman–Crippen MR) is 127 cm³/mol. The molecule has 0 fully saturated rings. The van der Waals surface area contributed by atoms with E-state index in [0.717, 1.165) is 23.4 Å². The highest BCUT2D eigenvalue weighted by atomic mass is 32.2. The van der Waals surface area contributed by atoms with Crippen LogP contribution in [0.1, 0.15) is 38.6 Å². The normalized spacial score (nSPS) is 15.7. The van der Waals surface area contributed by atoms with Crippen molar-refractivity contribution in [2.45, 2.75) is 12.2 Å². The Morgan fingerprint density at radius 1 is 1.09 bits per heavy atom. The van der Waals surface area contributed by atoms with Gasteiger partial charge in [0.25, 0.3) is 0 Å². The van der Waals surface area contributed by atoms with Crippen molar-refractivity contribution in [2.24, 2.45) is 0 Å². The molecule has 2 N–H and O–H groups in total. The number of benzene rings is 2. The molecule has 1 aliphatic rings. The number of rotatable bonds is 5. The van der Waals surface area contributed by atoms with E-state index >= 15 is 0 Å². The molecule has 0 spiro atoms. The van der Waals surface area contributed by atoms with Crippen LogP contribution >= 0.6 is 11.8 Å². The fourth-order valence-corrected chi connectivity index (χ4v) is 5.04. The van der Waals surface area contributed by atoms with Gasteiger partial charge < -0.3 is 15.2 Å². The Labute approximate surface area is 202 Å². The third kappa shape index (κ3) is 4.21. The third-order valence-electron chi connectivity index (χ3n) is 5.38. The second-order valence-corrected chi connectivity index (χ2v) is 8.54. The number of aromatic nitrogens is 1. The highest BCUT2D eigenvalue weighted by Crippen LogP contribution is 2.40. The number of ether oxygens (including phenoxy) is 2. The van der Waals surface area contributed by atoms with Crippen molar-refractivity contribution >= 4 is 46.3 Å². The lowest BCUT2D eigenvalue weighted by Gasteiger charge is -2.23. The molecule has 1 atom stereocenters. The van der Waals surface area contributed by atoms with Crippen LogP contribution in [0.2, 0.25) is 0 Å². The minimum atomic E-state index is -1.22. The van der Waals surface area contributed by atoms with Gasteiger partial charge in [0.2, 0.25) is 5.91 Å². The van der Waals surface area contributed by atoms with Crippen LogP contribution in [0.5, 0.6) is 0 Å². The lowest BCUT2D eigenvalue weighted by molar-refractivity contribution is -0.135. The van der Waals surface area contributed by atoms with Crippen molar-refractivity contribution in [3.63, 3.8) is 0 Å². The van der Waals surface area contributed by atoms with E-state index in [4.69, 9.17) is 15.2 Å². The Morgan fingerprint density at radius 3 is 2.37 bits per heavy atom. The van der Waals surface area contributed by atoms with Gasteiger partial charge in [-0.25, -0.2) is 18.4 Å². The fourth-order valence-electron chi connectivity index (χ4n) is 3.81. The fraction of sp³-hybridized carbons (Fsp3) is 0.160. The second-order valence-electron chi connectivity index (χ2n) is 7.42. The van der Waals surface area contributed by atoms with Crippen LogP contribution in [0.15, 0.2) is 48.5 Å². The zero-order valence-corrected chi connectivity index (χ0v) is 19.5. The molecule has 10 heteroatoms. The van der Waals surface area contributed by atoms with Gasteiger partial charge >= 0.3 is 11.9 Å². The molecule has 180 valence electrons. The van der Waals surface area contributed by atoms with Gasteiger partial charge in [0, 0.05) is 16.3 Å². The van der Waals surface area contributed by atoms with Crippen molar-refractivity contribution in [3.8, 4) is 0 Å². The number of anilines is 1. The Morgan fingerprint density at radius 2 is 1.74 bits per heavy atom. The second kappa shape index (κ2) is 9.75. The molecule has 1 aliphatic heterocycles. The van der Waals surface area contributed by atoms with Crippen LogP contribution in [-0.4, -0.2) is 36.1 Å². The minimum Gasteiger partial charge on any atom is -0.464 e. The standard InChI is InChI=1S/C25H20F2N2O5S/c1-3-34-25(32)22-19-15(12-13-8-4-6-10-16(13)26)18(28)20(24(31)33-2)29(19)23(30)21(35-22)14-9-5-7-11-17(14)27/h4-12,21H,3,28H2,1-2H3/b15-12+. The summed E-state index contributed by atoms with van der Waals surface area (Å²) in [6.07, 6.45) is 1.33. The first-order valence-electron chi connectivity index (χ1n) is 10.5. The number of thioether (sulfide) groups is 1. The molecule has 0 aliphatic carbocycles. The number of carbonyl (C=O) groups is 3.